The van der Waals surface area contributed by atoms with Crippen molar-refractivity contribution in [2.45, 2.75) is 32.4 Å². The fourth-order valence-corrected chi connectivity index (χ4v) is 5.09. The van der Waals surface area contributed by atoms with Gasteiger partial charge in [0.1, 0.15) is 17.1 Å². The monoisotopic (exact) mass is 452 g/mol. The summed E-state index contributed by atoms with van der Waals surface area (Å²) < 4.78 is 16.7. The van der Waals surface area contributed by atoms with Gasteiger partial charge in [0.25, 0.3) is 0 Å². The molecular formula is C26H32N2O5. The number of likely N-dealkylation sites (tertiary alicyclic amines) is 1. The van der Waals surface area contributed by atoms with Crippen LogP contribution in [-0.2, 0) is 11.3 Å². The summed E-state index contributed by atoms with van der Waals surface area (Å²) in [7, 11) is 4.97. The Labute approximate surface area is 194 Å². The lowest BCUT2D eigenvalue weighted by Crippen LogP contribution is -2.37. The number of carboxylic acids is 1. The van der Waals surface area contributed by atoms with Crippen LogP contribution in [0.5, 0.6) is 11.5 Å². The molecule has 0 aliphatic carbocycles. The minimum atomic E-state index is -0.990. The van der Waals surface area contributed by atoms with E-state index in [0.717, 1.165) is 53.9 Å². The number of hydrogen-bond acceptors (Lipinski definition) is 5. The van der Waals surface area contributed by atoms with Crippen molar-refractivity contribution in [1.82, 2.24) is 9.88 Å². The fraction of sp³-hybridized carbons (Fsp3) is 0.423. The summed E-state index contributed by atoms with van der Waals surface area (Å²) in [5.74, 6) is 0.718. The average molecular weight is 453 g/mol. The molecule has 4 rings (SSSR count). The number of aromatic amines is 1. The predicted molar refractivity (Wildman–Crippen MR) is 127 cm³/mol. The quantitative estimate of drug-likeness (QED) is 0.511. The molecule has 2 heterocycles. The van der Waals surface area contributed by atoms with Crippen molar-refractivity contribution in [2.24, 2.45) is 5.92 Å². The summed E-state index contributed by atoms with van der Waals surface area (Å²) >= 11 is 0. The Bertz CT molecular complexity index is 1140. The van der Waals surface area contributed by atoms with Gasteiger partial charge in [-0.2, -0.15) is 0 Å². The Hall–Kier alpha value is -3.03. The van der Waals surface area contributed by atoms with Gasteiger partial charge in [-0.1, -0.05) is 6.07 Å². The Balaban J connectivity index is 1.73. The molecule has 2 aromatic carbocycles. The van der Waals surface area contributed by atoms with Gasteiger partial charge in [-0.3, -0.25) is 4.90 Å². The number of hydrogen-bond donors (Lipinski definition) is 2. The zero-order valence-corrected chi connectivity index (χ0v) is 19.7. The van der Waals surface area contributed by atoms with Crippen molar-refractivity contribution < 1.29 is 24.1 Å². The molecule has 0 spiro atoms. The molecule has 1 aliphatic heterocycles. The van der Waals surface area contributed by atoms with Crippen LogP contribution in [0.1, 0.15) is 45.9 Å². The highest BCUT2D eigenvalue weighted by Gasteiger charge is 2.31. The molecular weight excluding hydrogens is 420 g/mol. The van der Waals surface area contributed by atoms with Gasteiger partial charge in [0.2, 0.25) is 0 Å². The number of aromatic carboxylic acids is 1. The van der Waals surface area contributed by atoms with Crippen LogP contribution in [0.25, 0.3) is 10.9 Å². The SMILES string of the molecule is COCC1CCN(Cc2c(OC)cc(C)c3[nH]ccc23)[C@H](c2ccc(C(=O)O)c(OC)c2)C1. The summed E-state index contributed by atoms with van der Waals surface area (Å²) in [6.45, 7) is 4.43. The first-order valence-corrected chi connectivity index (χ1v) is 11.2. The molecule has 0 saturated carbocycles. The van der Waals surface area contributed by atoms with E-state index >= 15 is 0 Å². The lowest BCUT2D eigenvalue weighted by Gasteiger charge is -2.40. The van der Waals surface area contributed by atoms with Gasteiger partial charge in [0, 0.05) is 49.0 Å². The molecule has 176 valence electrons. The second-order valence-corrected chi connectivity index (χ2v) is 8.74. The second kappa shape index (κ2) is 9.85. The molecule has 0 radical (unpaired) electrons. The summed E-state index contributed by atoms with van der Waals surface area (Å²) in [5, 5.41) is 10.7. The maximum atomic E-state index is 11.6. The van der Waals surface area contributed by atoms with Gasteiger partial charge >= 0.3 is 5.97 Å². The van der Waals surface area contributed by atoms with Gasteiger partial charge in [-0.05, 0) is 67.6 Å². The molecule has 1 unspecified atom stereocenters. The average Bonchev–Trinajstić information content (AvgIpc) is 3.32. The van der Waals surface area contributed by atoms with Crippen molar-refractivity contribution in [3.63, 3.8) is 0 Å². The Morgan fingerprint density at radius 1 is 1.15 bits per heavy atom. The Kier molecular flexibility index (Phi) is 6.91. The zero-order chi connectivity index (χ0) is 23.5. The Morgan fingerprint density at radius 2 is 1.94 bits per heavy atom. The van der Waals surface area contributed by atoms with E-state index in [0.29, 0.717) is 18.3 Å². The molecule has 7 nitrogen and oxygen atoms in total. The molecule has 3 aromatic rings. The van der Waals surface area contributed by atoms with E-state index in [4.69, 9.17) is 14.2 Å². The Morgan fingerprint density at radius 3 is 2.64 bits per heavy atom. The van der Waals surface area contributed by atoms with E-state index in [2.05, 4.69) is 28.9 Å². The minimum absolute atomic E-state index is 0.107. The highest BCUT2D eigenvalue weighted by molar-refractivity contribution is 5.91. The lowest BCUT2D eigenvalue weighted by molar-refractivity contribution is 0.0578. The topological polar surface area (TPSA) is 84.0 Å². The molecule has 7 heteroatoms. The standard InChI is InChI=1S/C26H32N2O5/c1-16-11-23(32-3)21(19-7-9-27-25(16)19)14-28-10-8-17(15-31-2)12-22(28)18-5-6-20(26(29)30)24(13-18)33-4/h5-7,9,11,13,17,22,27H,8,10,12,14-15H2,1-4H3,(H,29,30)/t17?,22-/m0/s1. The van der Waals surface area contributed by atoms with E-state index in [1.807, 2.05) is 18.3 Å². The third-order valence-corrected chi connectivity index (χ3v) is 6.76. The van der Waals surface area contributed by atoms with Crippen LogP contribution in [0.4, 0.5) is 0 Å². The smallest absolute Gasteiger partial charge is 0.339 e. The fourth-order valence-electron chi connectivity index (χ4n) is 5.09. The van der Waals surface area contributed by atoms with Crippen molar-refractivity contribution in [3.05, 3.63) is 58.8 Å². The number of carbonyl (C=O) groups is 1. The maximum Gasteiger partial charge on any atom is 0.339 e. The maximum absolute atomic E-state index is 11.6. The number of benzene rings is 2. The van der Waals surface area contributed by atoms with Gasteiger partial charge in [-0.15, -0.1) is 0 Å². The van der Waals surface area contributed by atoms with Crippen molar-refractivity contribution in [3.8, 4) is 11.5 Å². The van der Waals surface area contributed by atoms with E-state index < -0.39 is 5.97 Å². The number of nitrogens with zero attached hydrogens (tertiary/aromatic N) is 1. The van der Waals surface area contributed by atoms with E-state index in [9.17, 15) is 9.90 Å². The number of aryl methyl sites for hydroxylation is 1. The number of aromatic nitrogens is 1. The van der Waals surface area contributed by atoms with Crippen molar-refractivity contribution in [2.75, 3.05) is 34.5 Å². The van der Waals surface area contributed by atoms with Crippen LogP contribution in [0.15, 0.2) is 36.5 Å². The molecule has 0 amide bonds. The molecule has 0 bridgehead atoms. The van der Waals surface area contributed by atoms with Crippen molar-refractivity contribution >= 4 is 16.9 Å². The number of methoxy groups -OCH3 is 3. The highest BCUT2D eigenvalue weighted by Crippen LogP contribution is 2.40. The van der Waals surface area contributed by atoms with E-state index in [1.54, 1.807) is 20.3 Å². The first-order chi connectivity index (χ1) is 16.0. The number of H-pyrrole nitrogens is 1. The largest absolute Gasteiger partial charge is 0.496 e. The molecule has 2 N–H and O–H groups in total. The number of carboxylic acid groups (broad SMARTS) is 1. The normalized spacial score (nSPS) is 19.0. The van der Waals surface area contributed by atoms with E-state index in [1.165, 1.54) is 12.5 Å². The number of fused-ring (bicyclic) bond motifs is 1. The summed E-state index contributed by atoms with van der Waals surface area (Å²) in [6.07, 6.45) is 3.94. The summed E-state index contributed by atoms with van der Waals surface area (Å²) in [4.78, 5) is 17.4. The highest BCUT2D eigenvalue weighted by atomic mass is 16.5. The van der Waals surface area contributed by atoms with Crippen LogP contribution in [0, 0.1) is 12.8 Å². The first-order valence-electron chi connectivity index (χ1n) is 11.2. The van der Waals surface area contributed by atoms with Crippen molar-refractivity contribution in [1.29, 1.82) is 0 Å². The zero-order valence-electron chi connectivity index (χ0n) is 19.7. The van der Waals surface area contributed by atoms with E-state index in [-0.39, 0.29) is 11.6 Å². The summed E-state index contributed by atoms with van der Waals surface area (Å²) in [6, 6.07) is 9.73. The number of rotatable bonds is 8. The number of ether oxygens (including phenoxy) is 3. The van der Waals surface area contributed by atoms with Gasteiger partial charge in [0.15, 0.2) is 0 Å². The second-order valence-electron chi connectivity index (χ2n) is 8.74. The third kappa shape index (κ3) is 4.56. The van der Waals surface area contributed by atoms with Crippen LogP contribution in [0.3, 0.4) is 0 Å². The third-order valence-electron chi connectivity index (χ3n) is 6.76. The molecule has 1 fully saturated rings. The predicted octanol–water partition coefficient (Wildman–Crippen LogP) is 4.79. The molecule has 1 saturated heterocycles. The van der Waals surface area contributed by atoms with Crippen LogP contribution in [0.2, 0.25) is 0 Å². The van der Waals surface area contributed by atoms with Crippen LogP contribution >= 0.6 is 0 Å². The minimum Gasteiger partial charge on any atom is -0.496 e. The van der Waals surface area contributed by atoms with Crippen LogP contribution in [-0.4, -0.2) is 55.4 Å². The van der Waals surface area contributed by atoms with Gasteiger partial charge < -0.3 is 24.3 Å². The van der Waals surface area contributed by atoms with Gasteiger partial charge in [-0.25, -0.2) is 4.79 Å². The number of piperidine rings is 1. The van der Waals surface area contributed by atoms with Gasteiger partial charge in [0.05, 0.1) is 14.2 Å². The molecule has 1 aromatic heterocycles. The first kappa shape index (κ1) is 23.1. The molecule has 2 atom stereocenters. The molecule has 33 heavy (non-hydrogen) atoms. The molecule has 1 aliphatic rings. The lowest BCUT2D eigenvalue weighted by atomic mass is 9.86. The number of nitrogens with one attached hydrogen (secondary N) is 1. The summed E-state index contributed by atoms with van der Waals surface area (Å²) in [5.41, 5.74) is 4.66. The van der Waals surface area contributed by atoms with Crippen LogP contribution < -0.4 is 9.47 Å².